The molecule has 2 rings (SSSR count). The topological polar surface area (TPSA) is 46.5 Å². The van der Waals surface area contributed by atoms with E-state index in [1.165, 1.54) is 0 Å². The molecular weight excluding hydrogens is 168 g/mol. The summed E-state index contributed by atoms with van der Waals surface area (Å²) in [5.41, 5.74) is 0.780. The first-order valence-corrected chi connectivity index (χ1v) is 3.93. The fourth-order valence-corrected chi connectivity index (χ4v) is 1.27. The number of hydrogen-bond acceptors (Lipinski definition) is 3. The summed E-state index contributed by atoms with van der Waals surface area (Å²) in [6.07, 6.45) is 0.478. The number of cyclic esters (lactones) is 1. The normalized spacial score (nSPS) is 21.1. The van der Waals surface area contributed by atoms with Gasteiger partial charge in [0.1, 0.15) is 5.76 Å². The summed E-state index contributed by atoms with van der Waals surface area (Å²) in [5, 5.41) is 9.33. The van der Waals surface area contributed by atoms with Crippen LogP contribution in [-0.2, 0) is 9.53 Å². The number of aliphatic hydroxyl groups excluding tert-OH is 1. The molecule has 0 saturated carbocycles. The predicted molar refractivity (Wildman–Crippen MR) is 46.0 cm³/mol. The fraction of sp³-hybridized carbons (Fsp3) is 0.100. The molecule has 0 bridgehead atoms. The van der Waals surface area contributed by atoms with Crippen LogP contribution in [0, 0.1) is 0 Å². The molecule has 3 heteroatoms. The van der Waals surface area contributed by atoms with Crippen LogP contribution >= 0.6 is 0 Å². The maximum absolute atomic E-state index is 10.8. The molecule has 0 fully saturated rings. The first-order valence-electron chi connectivity index (χ1n) is 3.93. The van der Waals surface area contributed by atoms with Gasteiger partial charge in [0.05, 0.1) is 6.08 Å². The third-order valence-corrected chi connectivity index (χ3v) is 1.87. The number of benzene rings is 1. The van der Waals surface area contributed by atoms with E-state index < -0.39 is 12.1 Å². The van der Waals surface area contributed by atoms with E-state index in [9.17, 15) is 9.90 Å². The molecule has 0 saturated heterocycles. The Balaban J connectivity index is 2.30. The Hall–Kier alpha value is -1.77. The number of carbonyl (C=O) groups excluding carboxylic acids is 1. The van der Waals surface area contributed by atoms with Gasteiger partial charge in [0.2, 0.25) is 0 Å². The number of aliphatic hydroxyl groups is 1. The molecular formula is C10H8O3. The lowest BCUT2D eigenvalue weighted by Crippen LogP contribution is -2.02. The van der Waals surface area contributed by atoms with Crippen molar-refractivity contribution in [3.63, 3.8) is 0 Å². The van der Waals surface area contributed by atoms with Gasteiger partial charge in [-0.25, -0.2) is 4.79 Å². The summed E-state index contributed by atoms with van der Waals surface area (Å²) in [7, 11) is 0. The molecule has 13 heavy (non-hydrogen) atoms. The highest BCUT2D eigenvalue weighted by Gasteiger charge is 2.26. The minimum Gasteiger partial charge on any atom is -0.508 e. The van der Waals surface area contributed by atoms with Gasteiger partial charge in [-0.1, -0.05) is 30.3 Å². The van der Waals surface area contributed by atoms with Gasteiger partial charge in [0, 0.05) is 5.56 Å². The summed E-state index contributed by atoms with van der Waals surface area (Å²) in [6, 6.07) is 9.12. The molecule has 0 aromatic heterocycles. The van der Waals surface area contributed by atoms with Crippen molar-refractivity contribution in [3.8, 4) is 0 Å². The van der Waals surface area contributed by atoms with Crippen LogP contribution in [0.5, 0.6) is 0 Å². The highest BCUT2D eigenvalue weighted by atomic mass is 16.6. The minimum absolute atomic E-state index is 0.0313. The molecule has 1 aromatic rings. The van der Waals surface area contributed by atoms with E-state index in [1.54, 1.807) is 12.1 Å². The monoisotopic (exact) mass is 176 g/mol. The van der Waals surface area contributed by atoms with Gasteiger partial charge in [-0.3, -0.25) is 0 Å². The number of rotatable bonds is 1. The summed E-state index contributed by atoms with van der Waals surface area (Å²) in [6.45, 7) is 0. The molecule has 0 spiro atoms. The van der Waals surface area contributed by atoms with Crippen molar-refractivity contribution in [3.05, 3.63) is 47.7 Å². The Morgan fingerprint density at radius 3 is 2.46 bits per heavy atom. The van der Waals surface area contributed by atoms with Gasteiger partial charge < -0.3 is 9.84 Å². The van der Waals surface area contributed by atoms with Crippen molar-refractivity contribution in [1.29, 1.82) is 0 Å². The van der Waals surface area contributed by atoms with Crippen LogP contribution in [0.25, 0.3) is 0 Å². The molecule has 66 valence electrons. The van der Waals surface area contributed by atoms with Gasteiger partial charge in [-0.15, -0.1) is 0 Å². The highest BCUT2D eigenvalue weighted by Crippen LogP contribution is 2.28. The summed E-state index contributed by atoms with van der Waals surface area (Å²) < 4.78 is 4.88. The van der Waals surface area contributed by atoms with E-state index in [2.05, 4.69) is 0 Å². The van der Waals surface area contributed by atoms with Crippen molar-refractivity contribution in [1.82, 2.24) is 0 Å². The second kappa shape index (κ2) is 2.94. The van der Waals surface area contributed by atoms with Crippen LogP contribution in [0.1, 0.15) is 11.7 Å². The lowest BCUT2D eigenvalue weighted by atomic mass is 10.1. The first kappa shape index (κ1) is 7.86. The van der Waals surface area contributed by atoms with Crippen molar-refractivity contribution in [2.75, 3.05) is 0 Å². The second-order valence-electron chi connectivity index (χ2n) is 2.80. The van der Waals surface area contributed by atoms with Crippen LogP contribution < -0.4 is 0 Å². The standard InChI is InChI=1S/C10H8O3/c11-8-6-9(12)13-10(8)7-4-2-1-3-5-7/h1-6,10-11H. The quantitative estimate of drug-likeness (QED) is 0.663. The Labute approximate surface area is 75.3 Å². The number of hydrogen-bond donors (Lipinski definition) is 1. The third kappa shape index (κ3) is 1.40. The fourth-order valence-electron chi connectivity index (χ4n) is 1.27. The van der Waals surface area contributed by atoms with Crippen LogP contribution in [0.3, 0.4) is 0 Å². The predicted octanol–water partition coefficient (Wildman–Crippen LogP) is 1.73. The maximum atomic E-state index is 10.8. The average molecular weight is 176 g/mol. The van der Waals surface area contributed by atoms with Crippen molar-refractivity contribution in [2.24, 2.45) is 0 Å². The van der Waals surface area contributed by atoms with Crippen molar-refractivity contribution in [2.45, 2.75) is 6.10 Å². The number of ether oxygens (including phenoxy) is 1. The second-order valence-corrected chi connectivity index (χ2v) is 2.80. The molecule has 1 aliphatic rings. The molecule has 0 amide bonds. The molecule has 0 aliphatic carbocycles. The van der Waals surface area contributed by atoms with Gasteiger partial charge >= 0.3 is 5.97 Å². The van der Waals surface area contributed by atoms with Gasteiger partial charge in [0.25, 0.3) is 0 Å². The molecule has 1 heterocycles. The number of esters is 1. The maximum Gasteiger partial charge on any atom is 0.335 e. The van der Waals surface area contributed by atoms with Crippen molar-refractivity contribution < 1.29 is 14.6 Å². The van der Waals surface area contributed by atoms with E-state index >= 15 is 0 Å². The Morgan fingerprint density at radius 1 is 1.23 bits per heavy atom. The van der Waals surface area contributed by atoms with E-state index in [0.29, 0.717) is 0 Å². The smallest absolute Gasteiger partial charge is 0.335 e. The molecule has 3 nitrogen and oxygen atoms in total. The summed E-state index contributed by atoms with van der Waals surface area (Å²) in [4.78, 5) is 10.8. The Kier molecular flexibility index (Phi) is 1.77. The molecule has 1 N–H and O–H groups in total. The van der Waals surface area contributed by atoms with Crippen LogP contribution in [0.15, 0.2) is 42.2 Å². The molecule has 1 atom stereocenters. The largest absolute Gasteiger partial charge is 0.508 e. The first-order chi connectivity index (χ1) is 6.27. The minimum atomic E-state index is -0.617. The molecule has 1 aromatic carbocycles. The van der Waals surface area contributed by atoms with E-state index in [-0.39, 0.29) is 5.76 Å². The zero-order valence-electron chi connectivity index (χ0n) is 6.81. The van der Waals surface area contributed by atoms with Gasteiger partial charge in [0.15, 0.2) is 6.10 Å². The average Bonchev–Trinajstić information content (AvgIpc) is 2.47. The Morgan fingerprint density at radius 2 is 1.92 bits per heavy atom. The summed E-state index contributed by atoms with van der Waals surface area (Å²) in [5.74, 6) is -0.525. The van der Waals surface area contributed by atoms with Crippen LogP contribution in [0.2, 0.25) is 0 Å². The third-order valence-electron chi connectivity index (χ3n) is 1.87. The number of carbonyl (C=O) groups is 1. The van der Waals surface area contributed by atoms with E-state index in [0.717, 1.165) is 11.6 Å². The van der Waals surface area contributed by atoms with E-state index in [4.69, 9.17) is 4.74 Å². The summed E-state index contributed by atoms with van der Waals surface area (Å²) >= 11 is 0. The van der Waals surface area contributed by atoms with Crippen LogP contribution in [-0.4, -0.2) is 11.1 Å². The van der Waals surface area contributed by atoms with E-state index in [1.807, 2.05) is 18.2 Å². The van der Waals surface area contributed by atoms with Crippen LogP contribution in [0.4, 0.5) is 0 Å². The SMILES string of the molecule is O=C1C=C(O)C(c2ccccc2)O1. The molecule has 0 radical (unpaired) electrons. The Bertz CT molecular complexity index is 354. The van der Waals surface area contributed by atoms with Gasteiger partial charge in [-0.2, -0.15) is 0 Å². The zero-order valence-corrected chi connectivity index (χ0v) is 6.81. The molecule has 1 unspecified atom stereocenters. The highest BCUT2D eigenvalue weighted by molar-refractivity contribution is 5.85. The van der Waals surface area contributed by atoms with Crippen molar-refractivity contribution >= 4 is 5.97 Å². The lowest BCUT2D eigenvalue weighted by Gasteiger charge is -2.09. The lowest BCUT2D eigenvalue weighted by molar-refractivity contribution is -0.139. The molecule has 1 aliphatic heterocycles. The zero-order chi connectivity index (χ0) is 9.26. The van der Waals surface area contributed by atoms with Gasteiger partial charge in [-0.05, 0) is 0 Å².